The van der Waals surface area contributed by atoms with Gasteiger partial charge in [0.15, 0.2) is 5.11 Å². The molecule has 1 heterocycles. The van der Waals surface area contributed by atoms with Crippen molar-refractivity contribution in [1.29, 1.82) is 0 Å². The summed E-state index contributed by atoms with van der Waals surface area (Å²) in [7, 11) is 0. The lowest BCUT2D eigenvalue weighted by atomic mass is 10.2. The van der Waals surface area contributed by atoms with E-state index in [2.05, 4.69) is 11.9 Å². The SMILES string of the molecule is C=CCN1C(=O)C(=Cc2ccc(Cl)cc2Cl)NC1=S. The summed E-state index contributed by atoms with van der Waals surface area (Å²) in [4.78, 5) is 13.5. The first kappa shape index (κ1) is 14.1. The molecule has 19 heavy (non-hydrogen) atoms. The Kier molecular flexibility index (Phi) is 4.24. The van der Waals surface area contributed by atoms with E-state index in [9.17, 15) is 4.79 Å². The molecule has 1 aliphatic heterocycles. The predicted octanol–water partition coefficient (Wildman–Crippen LogP) is 3.24. The number of thiocarbonyl (C=S) groups is 1. The van der Waals surface area contributed by atoms with Crippen LogP contribution in [0.25, 0.3) is 6.08 Å². The van der Waals surface area contributed by atoms with Crippen molar-refractivity contribution in [1.82, 2.24) is 10.2 Å². The summed E-state index contributed by atoms with van der Waals surface area (Å²) in [5, 5.41) is 4.24. The maximum atomic E-state index is 12.1. The molecule has 0 saturated carbocycles. The van der Waals surface area contributed by atoms with Gasteiger partial charge < -0.3 is 5.32 Å². The number of hydrogen-bond acceptors (Lipinski definition) is 2. The summed E-state index contributed by atoms with van der Waals surface area (Å²) in [5.41, 5.74) is 1.08. The van der Waals surface area contributed by atoms with Gasteiger partial charge in [-0.25, -0.2) is 0 Å². The second-order valence-corrected chi connectivity index (χ2v) is 5.09. The maximum absolute atomic E-state index is 12.1. The van der Waals surface area contributed by atoms with Crippen LogP contribution in [0.15, 0.2) is 36.6 Å². The lowest BCUT2D eigenvalue weighted by Crippen LogP contribution is -2.30. The van der Waals surface area contributed by atoms with E-state index in [1.807, 2.05) is 0 Å². The normalized spacial score (nSPS) is 16.9. The van der Waals surface area contributed by atoms with Crippen molar-refractivity contribution in [2.75, 3.05) is 6.54 Å². The van der Waals surface area contributed by atoms with Gasteiger partial charge in [-0.1, -0.05) is 35.3 Å². The Morgan fingerprint density at radius 3 is 2.79 bits per heavy atom. The van der Waals surface area contributed by atoms with Crippen LogP contribution in [0.2, 0.25) is 10.0 Å². The van der Waals surface area contributed by atoms with Crippen molar-refractivity contribution >= 4 is 52.5 Å². The average Bonchev–Trinajstić information content (AvgIpc) is 2.61. The Bertz CT molecular complexity index is 598. The summed E-state index contributed by atoms with van der Waals surface area (Å²) in [6, 6.07) is 5.07. The molecule has 1 amide bonds. The van der Waals surface area contributed by atoms with Gasteiger partial charge in [-0.2, -0.15) is 0 Å². The number of amides is 1. The highest BCUT2D eigenvalue weighted by Crippen LogP contribution is 2.24. The van der Waals surface area contributed by atoms with E-state index in [0.717, 1.165) is 0 Å². The molecule has 0 spiro atoms. The molecule has 1 N–H and O–H groups in total. The van der Waals surface area contributed by atoms with Crippen molar-refractivity contribution in [2.24, 2.45) is 0 Å². The van der Waals surface area contributed by atoms with Crippen molar-refractivity contribution in [3.05, 3.63) is 52.2 Å². The number of carbonyl (C=O) groups excluding carboxylic acids is 1. The van der Waals surface area contributed by atoms with Crippen LogP contribution in [0.5, 0.6) is 0 Å². The molecular weight excluding hydrogens is 303 g/mol. The Morgan fingerprint density at radius 2 is 2.16 bits per heavy atom. The van der Waals surface area contributed by atoms with Crippen molar-refractivity contribution in [3.8, 4) is 0 Å². The fourth-order valence-corrected chi connectivity index (χ4v) is 2.37. The highest BCUT2D eigenvalue weighted by molar-refractivity contribution is 7.80. The minimum atomic E-state index is -0.198. The van der Waals surface area contributed by atoms with Gasteiger partial charge in [0.2, 0.25) is 0 Å². The first-order chi connectivity index (χ1) is 9.02. The zero-order valence-electron chi connectivity index (χ0n) is 9.82. The van der Waals surface area contributed by atoms with Gasteiger partial charge in [-0.3, -0.25) is 9.69 Å². The monoisotopic (exact) mass is 312 g/mol. The zero-order chi connectivity index (χ0) is 14.0. The maximum Gasteiger partial charge on any atom is 0.276 e. The fraction of sp³-hybridized carbons (Fsp3) is 0.0769. The Labute approximate surface area is 126 Å². The Morgan fingerprint density at radius 1 is 1.42 bits per heavy atom. The van der Waals surface area contributed by atoms with Gasteiger partial charge in [0, 0.05) is 16.6 Å². The van der Waals surface area contributed by atoms with Gasteiger partial charge in [0.25, 0.3) is 5.91 Å². The Balaban J connectivity index is 2.32. The molecule has 0 radical (unpaired) electrons. The quantitative estimate of drug-likeness (QED) is 0.528. The molecule has 0 atom stereocenters. The lowest BCUT2D eigenvalue weighted by Gasteiger charge is -2.09. The molecule has 1 aliphatic rings. The van der Waals surface area contributed by atoms with Gasteiger partial charge in [0.05, 0.1) is 0 Å². The van der Waals surface area contributed by atoms with Crippen LogP contribution in [-0.4, -0.2) is 22.5 Å². The molecule has 1 aromatic rings. The number of benzene rings is 1. The van der Waals surface area contributed by atoms with Gasteiger partial charge in [-0.15, -0.1) is 6.58 Å². The van der Waals surface area contributed by atoms with Crippen molar-refractivity contribution in [3.63, 3.8) is 0 Å². The topological polar surface area (TPSA) is 32.3 Å². The molecule has 6 heteroatoms. The van der Waals surface area contributed by atoms with Crippen LogP contribution < -0.4 is 5.32 Å². The first-order valence-electron chi connectivity index (χ1n) is 5.43. The minimum absolute atomic E-state index is 0.198. The number of hydrogen-bond donors (Lipinski definition) is 1. The lowest BCUT2D eigenvalue weighted by molar-refractivity contribution is -0.122. The van der Waals surface area contributed by atoms with E-state index in [4.69, 9.17) is 35.4 Å². The van der Waals surface area contributed by atoms with Gasteiger partial charge >= 0.3 is 0 Å². The fourth-order valence-electron chi connectivity index (χ4n) is 1.64. The molecular formula is C13H10Cl2N2OS. The summed E-state index contributed by atoms with van der Waals surface area (Å²) in [6.45, 7) is 3.96. The van der Waals surface area contributed by atoms with Gasteiger partial charge in [-0.05, 0) is 36.0 Å². The second kappa shape index (κ2) is 5.74. The number of halogens is 2. The first-order valence-corrected chi connectivity index (χ1v) is 6.60. The van der Waals surface area contributed by atoms with Crippen LogP contribution in [0.4, 0.5) is 0 Å². The third-order valence-corrected chi connectivity index (χ3v) is 3.42. The van der Waals surface area contributed by atoms with Crippen LogP contribution in [0, 0.1) is 0 Å². The van der Waals surface area contributed by atoms with E-state index in [-0.39, 0.29) is 5.91 Å². The van der Waals surface area contributed by atoms with Gasteiger partial charge in [0.1, 0.15) is 5.70 Å². The Hall–Kier alpha value is -1.36. The van der Waals surface area contributed by atoms with E-state index >= 15 is 0 Å². The molecule has 0 aliphatic carbocycles. The van der Waals surface area contributed by atoms with E-state index in [1.165, 1.54) is 4.90 Å². The number of nitrogens with zero attached hydrogens (tertiary/aromatic N) is 1. The summed E-state index contributed by atoms with van der Waals surface area (Å²) in [6.07, 6.45) is 3.26. The van der Waals surface area contributed by atoms with Crippen LogP contribution in [0.1, 0.15) is 5.56 Å². The smallest absolute Gasteiger partial charge is 0.276 e. The number of carbonyl (C=O) groups is 1. The van der Waals surface area contributed by atoms with Crippen LogP contribution in [0.3, 0.4) is 0 Å². The predicted molar refractivity (Wildman–Crippen MR) is 82.1 cm³/mol. The summed E-state index contributed by atoms with van der Waals surface area (Å²) in [5.74, 6) is -0.198. The molecule has 1 fully saturated rings. The summed E-state index contributed by atoms with van der Waals surface area (Å²) < 4.78 is 0. The molecule has 1 saturated heterocycles. The molecule has 0 aromatic heterocycles. The molecule has 98 valence electrons. The van der Waals surface area contributed by atoms with Crippen LogP contribution in [-0.2, 0) is 4.79 Å². The second-order valence-electron chi connectivity index (χ2n) is 3.86. The molecule has 1 aromatic carbocycles. The number of rotatable bonds is 3. The highest BCUT2D eigenvalue weighted by Gasteiger charge is 2.29. The standard InChI is InChI=1S/C13H10Cl2N2OS/c1-2-5-17-12(18)11(16-13(17)19)6-8-3-4-9(14)7-10(8)15/h2-4,6-7H,1,5H2,(H,16,19). The summed E-state index contributed by atoms with van der Waals surface area (Å²) >= 11 is 17.0. The molecule has 0 unspecified atom stereocenters. The largest absolute Gasteiger partial charge is 0.328 e. The minimum Gasteiger partial charge on any atom is -0.328 e. The van der Waals surface area contributed by atoms with E-state index in [0.29, 0.717) is 33.0 Å². The third-order valence-electron chi connectivity index (χ3n) is 2.54. The molecule has 0 bridgehead atoms. The molecule has 2 rings (SSSR count). The molecule has 3 nitrogen and oxygen atoms in total. The average molecular weight is 313 g/mol. The van der Waals surface area contributed by atoms with Crippen molar-refractivity contribution in [2.45, 2.75) is 0 Å². The third kappa shape index (κ3) is 2.97. The zero-order valence-corrected chi connectivity index (χ0v) is 12.1. The van der Waals surface area contributed by atoms with Crippen LogP contribution >= 0.6 is 35.4 Å². The van der Waals surface area contributed by atoms with E-state index in [1.54, 1.807) is 30.4 Å². The number of nitrogens with one attached hydrogen (secondary N) is 1. The van der Waals surface area contributed by atoms with E-state index < -0.39 is 0 Å². The highest BCUT2D eigenvalue weighted by atomic mass is 35.5. The van der Waals surface area contributed by atoms with Crippen molar-refractivity contribution < 1.29 is 4.79 Å².